The number of piperidine rings is 1. The second kappa shape index (κ2) is 7.19. The highest BCUT2D eigenvalue weighted by Crippen LogP contribution is 2.26. The molecule has 0 radical (unpaired) electrons. The lowest BCUT2D eigenvalue weighted by Crippen LogP contribution is -2.45. The number of carbonyl (C=O) groups is 1. The van der Waals surface area contributed by atoms with Gasteiger partial charge in [0, 0.05) is 19.6 Å². The number of nitrogens with zero attached hydrogens (tertiary/aromatic N) is 2. The van der Waals surface area contributed by atoms with Crippen LogP contribution in [0.3, 0.4) is 0 Å². The molecule has 1 amide bonds. The molecule has 2 aromatic rings. The molecule has 6 nitrogen and oxygen atoms in total. The highest BCUT2D eigenvalue weighted by Gasteiger charge is 2.30. The number of ether oxygens (including phenoxy) is 1. The SMILES string of the molecule is COCc1cc(N[C@@H]2CCC(=O)N[C@H]2c2ccccc2)ncn1. The molecule has 1 aromatic carbocycles. The average molecular weight is 312 g/mol. The zero-order valence-electron chi connectivity index (χ0n) is 13.0. The van der Waals surface area contributed by atoms with Gasteiger partial charge < -0.3 is 15.4 Å². The van der Waals surface area contributed by atoms with Crippen LogP contribution in [0.1, 0.15) is 30.1 Å². The summed E-state index contributed by atoms with van der Waals surface area (Å²) >= 11 is 0. The summed E-state index contributed by atoms with van der Waals surface area (Å²) in [5, 5.41) is 6.50. The van der Waals surface area contributed by atoms with E-state index in [0.717, 1.165) is 23.5 Å². The van der Waals surface area contributed by atoms with E-state index < -0.39 is 0 Å². The predicted octanol–water partition coefficient (Wildman–Crippen LogP) is 2.05. The summed E-state index contributed by atoms with van der Waals surface area (Å²) < 4.78 is 5.10. The van der Waals surface area contributed by atoms with Crippen LogP contribution in [0, 0.1) is 0 Å². The molecule has 1 saturated heterocycles. The molecule has 6 heteroatoms. The Morgan fingerprint density at radius 3 is 2.91 bits per heavy atom. The first-order valence-corrected chi connectivity index (χ1v) is 7.67. The van der Waals surface area contributed by atoms with E-state index >= 15 is 0 Å². The van der Waals surface area contributed by atoms with Gasteiger partial charge in [0.05, 0.1) is 24.4 Å². The fraction of sp³-hybridized carbons (Fsp3) is 0.353. The van der Waals surface area contributed by atoms with Crippen LogP contribution < -0.4 is 10.6 Å². The Morgan fingerprint density at radius 1 is 1.30 bits per heavy atom. The zero-order valence-corrected chi connectivity index (χ0v) is 13.0. The first-order valence-electron chi connectivity index (χ1n) is 7.67. The van der Waals surface area contributed by atoms with E-state index in [9.17, 15) is 4.79 Å². The smallest absolute Gasteiger partial charge is 0.220 e. The lowest BCUT2D eigenvalue weighted by Gasteiger charge is -2.33. The third kappa shape index (κ3) is 3.84. The van der Waals surface area contributed by atoms with Gasteiger partial charge in [0.15, 0.2) is 0 Å². The van der Waals surface area contributed by atoms with E-state index in [1.165, 1.54) is 6.33 Å². The summed E-state index contributed by atoms with van der Waals surface area (Å²) in [5.74, 6) is 0.828. The molecule has 1 aromatic heterocycles. The molecular weight excluding hydrogens is 292 g/mol. The molecule has 2 atom stereocenters. The number of hydrogen-bond acceptors (Lipinski definition) is 5. The van der Waals surface area contributed by atoms with Crippen molar-refractivity contribution in [2.45, 2.75) is 31.5 Å². The molecule has 0 spiro atoms. The largest absolute Gasteiger partial charge is 0.378 e. The van der Waals surface area contributed by atoms with Crippen LogP contribution in [0.5, 0.6) is 0 Å². The number of benzene rings is 1. The van der Waals surface area contributed by atoms with Gasteiger partial charge in [0.2, 0.25) is 5.91 Å². The van der Waals surface area contributed by atoms with Crippen molar-refractivity contribution in [3.8, 4) is 0 Å². The normalized spacial score (nSPS) is 20.8. The lowest BCUT2D eigenvalue weighted by atomic mass is 9.92. The number of carbonyl (C=O) groups excluding carboxylic acids is 1. The topological polar surface area (TPSA) is 76.1 Å². The number of anilines is 1. The summed E-state index contributed by atoms with van der Waals surface area (Å²) in [6.45, 7) is 0.445. The van der Waals surface area contributed by atoms with E-state index in [2.05, 4.69) is 20.6 Å². The molecule has 2 heterocycles. The lowest BCUT2D eigenvalue weighted by molar-refractivity contribution is -0.123. The Hall–Kier alpha value is -2.47. The molecule has 0 saturated carbocycles. The second-order valence-corrected chi connectivity index (χ2v) is 5.57. The molecular formula is C17H20N4O2. The Morgan fingerprint density at radius 2 is 2.13 bits per heavy atom. The monoisotopic (exact) mass is 312 g/mol. The van der Waals surface area contributed by atoms with E-state index in [-0.39, 0.29) is 18.0 Å². The van der Waals surface area contributed by atoms with Crippen LogP contribution in [0.15, 0.2) is 42.7 Å². The summed E-state index contributed by atoms with van der Waals surface area (Å²) in [6.07, 6.45) is 2.79. The molecule has 23 heavy (non-hydrogen) atoms. The third-order valence-electron chi connectivity index (χ3n) is 3.91. The van der Waals surface area contributed by atoms with Crippen LogP contribution in [-0.4, -0.2) is 29.0 Å². The summed E-state index contributed by atoms with van der Waals surface area (Å²) in [5.41, 5.74) is 1.91. The molecule has 0 bridgehead atoms. The van der Waals surface area contributed by atoms with Crippen molar-refractivity contribution >= 4 is 11.7 Å². The van der Waals surface area contributed by atoms with Crippen LogP contribution in [-0.2, 0) is 16.1 Å². The van der Waals surface area contributed by atoms with Gasteiger partial charge in [-0.2, -0.15) is 0 Å². The molecule has 2 N–H and O–H groups in total. The van der Waals surface area contributed by atoms with E-state index in [1.807, 2.05) is 36.4 Å². The van der Waals surface area contributed by atoms with Crippen molar-refractivity contribution in [1.29, 1.82) is 0 Å². The van der Waals surface area contributed by atoms with E-state index in [0.29, 0.717) is 13.0 Å². The highest BCUT2D eigenvalue weighted by atomic mass is 16.5. The van der Waals surface area contributed by atoms with Gasteiger partial charge in [-0.1, -0.05) is 30.3 Å². The van der Waals surface area contributed by atoms with Crippen molar-refractivity contribution in [3.63, 3.8) is 0 Å². The Bertz CT molecular complexity index is 663. The predicted molar refractivity (Wildman–Crippen MR) is 86.7 cm³/mol. The van der Waals surface area contributed by atoms with Crippen molar-refractivity contribution in [1.82, 2.24) is 15.3 Å². The van der Waals surface area contributed by atoms with E-state index in [1.54, 1.807) is 7.11 Å². The van der Waals surface area contributed by atoms with Crippen molar-refractivity contribution in [3.05, 3.63) is 54.0 Å². The standard InChI is InChI=1S/C17H20N4O2/c1-23-10-13-9-15(19-11-18-13)20-14-7-8-16(22)21-17(14)12-5-3-2-4-6-12/h2-6,9,11,14,17H,7-8,10H2,1H3,(H,21,22)(H,18,19,20)/t14-,17+/m1/s1. The molecule has 3 rings (SSSR count). The van der Waals surface area contributed by atoms with Crippen LogP contribution in [0.2, 0.25) is 0 Å². The summed E-state index contributed by atoms with van der Waals surface area (Å²) in [6, 6.07) is 11.9. The Kier molecular flexibility index (Phi) is 4.83. The van der Waals surface area contributed by atoms with Crippen LogP contribution in [0.25, 0.3) is 0 Å². The number of methoxy groups -OCH3 is 1. The second-order valence-electron chi connectivity index (χ2n) is 5.57. The van der Waals surface area contributed by atoms with Gasteiger partial charge in [-0.25, -0.2) is 9.97 Å². The van der Waals surface area contributed by atoms with Crippen LogP contribution >= 0.6 is 0 Å². The van der Waals surface area contributed by atoms with E-state index in [4.69, 9.17) is 4.74 Å². The maximum absolute atomic E-state index is 11.8. The number of aromatic nitrogens is 2. The first kappa shape index (κ1) is 15.4. The fourth-order valence-electron chi connectivity index (χ4n) is 2.82. The van der Waals surface area contributed by atoms with Gasteiger partial charge >= 0.3 is 0 Å². The average Bonchev–Trinajstić information content (AvgIpc) is 2.58. The minimum Gasteiger partial charge on any atom is -0.378 e. The number of amides is 1. The molecule has 0 aliphatic carbocycles. The Balaban J connectivity index is 1.79. The first-order chi connectivity index (χ1) is 11.3. The highest BCUT2D eigenvalue weighted by molar-refractivity contribution is 5.77. The summed E-state index contributed by atoms with van der Waals surface area (Å²) in [4.78, 5) is 20.2. The quantitative estimate of drug-likeness (QED) is 0.884. The van der Waals surface area contributed by atoms with Crippen molar-refractivity contribution < 1.29 is 9.53 Å². The molecule has 120 valence electrons. The van der Waals surface area contributed by atoms with Gasteiger partial charge in [-0.15, -0.1) is 0 Å². The maximum atomic E-state index is 11.8. The van der Waals surface area contributed by atoms with Crippen molar-refractivity contribution in [2.24, 2.45) is 0 Å². The van der Waals surface area contributed by atoms with Gasteiger partial charge in [0.1, 0.15) is 12.1 Å². The van der Waals surface area contributed by atoms with Gasteiger partial charge in [0.25, 0.3) is 0 Å². The van der Waals surface area contributed by atoms with Crippen LogP contribution in [0.4, 0.5) is 5.82 Å². The number of nitrogens with one attached hydrogen (secondary N) is 2. The minimum atomic E-state index is -0.0710. The van der Waals surface area contributed by atoms with Gasteiger partial charge in [-0.3, -0.25) is 4.79 Å². The number of hydrogen-bond donors (Lipinski definition) is 2. The Labute approximate surface area is 135 Å². The zero-order chi connectivity index (χ0) is 16.1. The minimum absolute atomic E-state index is 0.0710. The third-order valence-corrected chi connectivity index (χ3v) is 3.91. The summed E-state index contributed by atoms with van der Waals surface area (Å²) in [7, 11) is 1.64. The molecule has 0 unspecified atom stereocenters. The molecule has 1 aliphatic heterocycles. The molecule has 1 fully saturated rings. The fourth-order valence-corrected chi connectivity index (χ4v) is 2.82. The molecule has 1 aliphatic rings. The van der Waals surface area contributed by atoms with Gasteiger partial charge in [-0.05, 0) is 12.0 Å². The van der Waals surface area contributed by atoms with Crippen molar-refractivity contribution in [2.75, 3.05) is 12.4 Å². The number of rotatable bonds is 5. The maximum Gasteiger partial charge on any atom is 0.220 e.